The summed E-state index contributed by atoms with van der Waals surface area (Å²) in [5.41, 5.74) is 2.29. The molecule has 222 valence electrons. The van der Waals surface area contributed by atoms with Crippen LogP contribution in [0.2, 0.25) is 0 Å². The summed E-state index contributed by atoms with van der Waals surface area (Å²) in [6.07, 6.45) is 2.36. The molecule has 1 fully saturated rings. The highest BCUT2D eigenvalue weighted by Crippen LogP contribution is 2.39. The number of aromatic hydroxyl groups is 1. The lowest BCUT2D eigenvalue weighted by molar-refractivity contribution is -0.138. The van der Waals surface area contributed by atoms with Crippen molar-refractivity contribution in [2.75, 3.05) is 13.7 Å². The minimum Gasteiger partial charge on any atom is -0.504 e. The van der Waals surface area contributed by atoms with E-state index in [9.17, 15) is 19.5 Å². The third-order valence-corrected chi connectivity index (χ3v) is 7.71. The zero-order valence-electron chi connectivity index (χ0n) is 23.7. The molecule has 2 atom stereocenters. The van der Waals surface area contributed by atoms with E-state index in [4.69, 9.17) is 13.9 Å². The monoisotopic (exact) mass is 585 g/mol. The Labute approximate surface area is 247 Å². The van der Waals surface area contributed by atoms with E-state index in [2.05, 4.69) is 20.6 Å². The standard InChI is InChI=1S/C31H31N5O7/c1-17-22-15-33-30(40)23-14-20(34-29(39)21-4-3-11-32-21)16-36(23)28(38)10-6-18-5-8-24(37)26(12-18)43-27-13-19(31(35-22)42-17)7-9-25(27)41-2/h3-5,7-9,11-13,20,23,32,37H,6,10,14-16H2,1-2H3,(H,33,40)(H,34,39)/t20-,23-/m0/s1. The Balaban J connectivity index is 1.33. The lowest BCUT2D eigenvalue weighted by Crippen LogP contribution is -2.46. The molecule has 2 aromatic heterocycles. The van der Waals surface area contributed by atoms with E-state index in [-0.39, 0.29) is 55.2 Å². The van der Waals surface area contributed by atoms with Crippen molar-refractivity contribution < 1.29 is 33.4 Å². The molecule has 1 saturated heterocycles. The molecule has 0 aliphatic carbocycles. The molecular weight excluding hydrogens is 554 g/mol. The first-order valence-electron chi connectivity index (χ1n) is 13.9. The Morgan fingerprint density at radius 3 is 2.79 bits per heavy atom. The fourth-order valence-corrected chi connectivity index (χ4v) is 5.40. The summed E-state index contributed by atoms with van der Waals surface area (Å²) in [5, 5.41) is 16.4. The van der Waals surface area contributed by atoms with E-state index in [1.807, 2.05) is 0 Å². The van der Waals surface area contributed by atoms with Gasteiger partial charge in [0.2, 0.25) is 17.7 Å². The first-order valence-corrected chi connectivity index (χ1v) is 13.9. The summed E-state index contributed by atoms with van der Waals surface area (Å²) in [7, 11) is 1.51. The first kappa shape index (κ1) is 27.9. The molecule has 6 bridgehead atoms. The molecule has 12 heteroatoms. The van der Waals surface area contributed by atoms with Crippen molar-refractivity contribution >= 4 is 17.7 Å². The summed E-state index contributed by atoms with van der Waals surface area (Å²) in [6, 6.07) is 12.3. The van der Waals surface area contributed by atoms with Crippen molar-refractivity contribution in [2.45, 2.75) is 44.8 Å². The lowest BCUT2D eigenvalue weighted by atomic mass is 10.1. The number of aromatic nitrogens is 2. The van der Waals surface area contributed by atoms with Crippen LogP contribution in [-0.2, 0) is 22.6 Å². The quantitative estimate of drug-likeness (QED) is 0.285. The number of aromatic amines is 1. The molecule has 2 aliphatic rings. The number of hydrogen-bond donors (Lipinski definition) is 4. The number of phenols is 1. The number of hydrogen-bond acceptors (Lipinski definition) is 8. The van der Waals surface area contributed by atoms with Gasteiger partial charge in [-0.2, -0.15) is 0 Å². The second-order valence-electron chi connectivity index (χ2n) is 10.6. The van der Waals surface area contributed by atoms with Gasteiger partial charge in [-0.05, 0) is 67.8 Å². The van der Waals surface area contributed by atoms with Crippen molar-refractivity contribution in [3.8, 4) is 34.5 Å². The highest BCUT2D eigenvalue weighted by atomic mass is 16.5. The average molecular weight is 586 g/mol. The Morgan fingerprint density at radius 2 is 2.00 bits per heavy atom. The maximum absolute atomic E-state index is 13.5. The Hall–Kier alpha value is -5.26. The molecule has 0 saturated carbocycles. The molecular formula is C31H31N5O7. The van der Waals surface area contributed by atoms with Crippen LogP contribution in [0.5, 0.6) is 23.0 Å². The number of nitrogens with one attached hydrogen (secondary N) is 3. The molecule has 43 heavy (non-hydrogen) atoms. The van der Waals surface area contributed by atoms with Crippen molar-refractivity contribution in [3.05, 3.63) is 77.4 Å². The molecule has 6 rings (SSSR count). The predicted octanol–water partition coefficient (Wildman–Crippen LogP) is 3.45. The molecule has 4 aromatic rings. The van der Waals surface area contributed by atoms with Crippen molar-refractivity contribution in [1.29, 1.82) is 0 Å². The lowest BCUT2D eigenvalue weighted by Gasteiger charge is -2.24. The molecule has 2 aromatic carbocycles. The molecule has 0 unspecified atom stereocenters. The summed E-state index contributed by atoms with van der Waals surface area (Å²) in [4.78, 5) is 48.7. The molecule has 4 N–H and O–H groups in total. The number of oxazole rings is 1. The second-order valence-corrected chi connectivity index (χ2v) is 10.6. The van der Waals surface area contributed by atoms with E-state index < -0.39 is 12.1 Å². The molecule has 12 nitrogen and oxygen atoms in total. The number of H-pyrrole nitrogens is 1. The van der Waals surface area contributed by atoms with Crippen molar-refractivity contribution in [3.63, 3.8) is 0 Å². The fraction of sp³-hybridized carbons (Fsp3) is 0.290. The molecule has 0 spiro atoms. The number of aryl methyl sites for hydroxylation is 2. The van der Waals surface area contributed by atoms with E-state index >= 15 is 0 Å². The number of nitrogens with zero attached hydrogens (tertiary/aromatic N) is 2. The maximum atomic E-state index is 13.5. The number of phenolic OH excluding ortho intramolecular Hbond substituents is 1. The Bertz CT molecular complexity index is 1680. The zero-order valence-corrected chi connectivity index (χ0v) is 23.7. The van der Waals surface area contributed by atoms with Crippen LogP contribution in [0, 0.1) is 6.92 Å². The Kier molecular flexibility index (Phi) is 7.49. The van der Waals surface area contributed by atoms with Crippen LogP contribution in [0.15, 0.2) is 59.1 Å². The molecule has 4 heterocycles. The van der Waals surface area contributed by atoms with Crippen molar-refractivity contribution in [1.82, 2.24) is 25.5 Å². The minimum absolute atomic E-state index is 0.0804. The zero-order chi connectivity index (χ0) is 30.1. The van der Waals surface area contributed by atoms with Gasteiger partial charge in [0.05, 0.1) is 13.7 Å². The van der Waals surface area contributed by atoms with Crippen LogP contribution in [0.4, 0.5) is 0 Å². The van der Waals surface area contributed by atoms with E-state index in [1.54, 1.807) is 55.6 Å². The number of methoxy groups -OCH3 is 1. The number of rotatable bonds is 3. The summed E-state index contributed by atoms with van der Waals surface area (Å²) >= 11 is 0. The van der Waals surface area contributed by atoms with E-state index in [0.717, 1.165) is 5.56 Å². The second kappa shape index (κ2) is 11.6. The first-order chi connectivity index (χ1) is 20.8. The maximum Gasteiger partial charge on any atom is 0.267 e. The van der Waals surface area contributed by atoms with E-state index in [1.165, 1.54) is 18.1 Å². The van der Waals surface area contributed by atoms with Crippen LogP contribution in [0.25, 0.3) is 11.5 Å². The highest BCUT2D eigenvalue weighted by Gasteiger charge is 2.40. The van der Waals surface area contributed by atoms with Crippen LogP contribution in [0.3, 0.4) is 0 Å². The van der Waals surface area contributed by atoms with Crippen LogP contribution < -0.4 is 20.1 Å². The third-order valence-electron chi connectivity index (χ3n) is 7.71. The van der Waals surface area contributed by atoms with Gasteiger partial charge in [0.25, 0.3) is 5.91 Å². The number of benzene rings is 2. The SMILES string of the molecule is COc1ccc2cc1Oc1cc(ccc1O)CCC(=O)N1C[C@@H](NC(=O)c3ccc[nH]3)C[C@H]1C(=O)NCc1nc-2oc1C. The third kappa shape index (κ3) is 5.76. The van der Waals surface area contributed by atoms with Gasteiger partial charge in [0, 0.05) is 30.8 Å². The van der Waals surface area contributed by atoms with Crippen LogP contribution >= 0.6 is 0 Å². The van der Waals surface area contributed by atoms with Gasteiger partial charge in [-0.3, -0.25) is 14.4 Å². The summed E-state index contributed by atoms with van der Waals surface area (Å²) < 4.78 is 17.5. The molecule has 0 radical (unpaired) electrons. The average Bonchev–Trinajstić information content (AvgIpc) is 3.76. The number of carbonyl (C=O) groups excluding carboxylic acids is 3. The molecule has 3 amide bonds. The van der Waals surface area contributed by atoms with Crippen LogP contribution in [-0.4, -0.2) is 63.4 Å². The van der Waals surface area contributed by atoms with Gasteiger partial charge in [0.1, 0.15) is 23.2 Å². The van der Waals surface area contributed by atoms with Crippen LogP contribution in [0.1, 0.15) is 40.3 Å². The van der Waals surface area contributed by atoms with Gasteiger partial charge >= 0.3 is 0 Å². The summed E-state index contributed by atoms with van der Waals surface area (Å²) in [5.74, 6) is 0.834. The number of carbonyl (C=O) groups is 3. The smallest absolute Gasteiger partial charge is 0.267 e. The van der Waals surface area contributed by atoms with Gasteiger partial charge in [-0.1, -0.05) is 6.07 Å². The van der Waals surface area contributed by atoms with Gasteiger partial charge in [-0.25, -0.2) is 4.98 Å². The number of amides is 3. The highest BCUT2D eigenvalue weighted by molar-refractivity contribution is 5.93. The van der Waals surface area contributed by atoms with Crippen molar-refractivity contribution in [2.24, 2.45) is 0 Å². The minimum atomic E-state index is -0.783. The van der Waals surface area contributed by atoms with E-state index in [0.29, 0.717) is 46.5 Å². The largest absolute Gasteiger partial charge is 0.504 e. The fourth-order valence-electron chi connectivity index (χ4n) is 5.40. The Morgan fingerprint density at radius 1 is 1.14 bits per heavy atom. The summed E-state index contributed by atoms with van der Waals surface area (Å²) in [6.45, 7) is 2.03. The van der Waals surface area contributed by atoms with Gasteiger partial charge in [0.15, 0.2) is 23.0 Å². The van der Waals surface area contributed by atoms with Gasteiger partial charge < -0.3 is 39.5 Å². The topological polar surface area (TPSA) is 159 Å². The number of fused-ring (bicyclic) bond motifs is 8. The van der Waals surface area contributed by atoms with Gasteiger partial charge in [-0.15, -0.1) is 0 Å². The molecule has 2 aliphatic heterocycles. The number of ether oxygens (including phenoxy) is 2. The normalized spacial score (nSPS) is 18.6. The predicted molar refractivity (Wildman–Crippen MR) is 154 cm³/mol.